The highest BCUT2D eigenvalue weighted by atomic mass is 14.8. The van der Waals surface area contributed by atoms with Crippen LogP contribution in [0, 0.1) is 0 Å². The van der Waals surface area contributed by atoms with Crippen molar-refractivity contribution in [1.29, 1.82) is 0 Å². The quantitative estimate of drug-likeness (QED) is 0.696. The van der Waals surface area contributed by atoms with Crippen LogP contribution >= 0.6 is 0 Å². The number of pyridine rings is 1. The van der Waals surface area contributed by atoms with Gasteiger partial charge in [0.25, 0.3) is 0 Å². The number of nitrogens with one attached hydrogen (secondary N) is 1. The van der Waals surface area contributed by atoms with Gasteiger partial charge in [0.15, 0.2) is 0 Å². The van der Waals surface area contributed by atoms with Crippen LogP contribution in [-0.4, -0.2) is 4.98 Å². The molecule has 0 amide bonds. The number of anilines is 1. The molecule has 1 aromatic carbocycles. The Morgan fingerprint density at radius 1 is 1.07 bits per heavy atom. The SMILES string of the molecule is C1=CNc2ccc3ccncc3c2C=C1. The molecule has 0 saturated carbocycles. The van der Waals surface area contributed by atoms with Crippen LogP contribution in [0.25, 0.3) is 16.8 Å². The fourth-order valence-electron chi connectivity index (χ4n) is 1.83. The summed E-state index contributed by atoms with van der Waals surface area (Å²) in [5, 5.41) is 5.65. The predicted molar refractivity (Wildman–Crippen MR) is 63.5 cm³/mol. The predicted octanol–water partition coefficient (Wildman–Crippen LogP) is 3.19. The number of aromatic nitrogens is 1. The van der Waals surface area contributed by atoms with Crippen molar-refractivity contribution in [3.05, 3.63) is 54.5 Å². The average molecular weight is 194 g/mol. The van der Waals surface area contributed by atoms with Crippen LogP contribution < -0.4 is 5.32 Å². The van der Waals surface area contributed by atoms with Gasteiger partial charge in [0.05, 0.1) is 0 Å². The second-order valence-corrected chi connectivity index (χ2v) is 3.49. The van der Waals surface area contributed by atoms with E-state index in [4.69, 9.17) is 0 Å². The van der Waals surface area contributed by atoms with Crippen molar-refractivity contribution in [2.45, 2.75) is 0 Å². The molecule has 0 bridgehead atoms. The summed E-state index contributed by atoms with van der Waals surface area (Å²) >= 11 is 0. The monoisotopic (exact) mass is 194 g/mol. The molecule has 15 heavy (non-hydrogen) atoms. The maximum absolute atomic E-state index is 4.17. The third-order valence-electron chi connectivity index (χ3n) is 2.57. The standard InChI is InChI=1S/C13H10N2/c1-2-7-15-13-5-4-10-6-8-14-9-12(10)11(13)3-1/h1-9,15H. The van der Waals surface area contributed by atoms with Gasteiger partial charge in [0.1, 0.15) is 0 Å². The zero-order chi connectivity index (χ0) is 10.1. The maximum Gasteiger partial charge on any atom is 0.0460 e. The first kappa shape index (κ1) is 8.24. The molecule has 2 heterocycles. The van der Waals surface area contributed by atoms with Gasteiger partial charge in [-0.05, 0) is 23.6 Å². The van der Waals surface area contributed by atoms with Crippen LogP contribution in [0.15, 0.2) is 48.9 Å². The highest BCUT2D eigenvalue weighted by Gasteiger charge is 2.04. The van der Waals surface area contributed by atoms with Gasteiger partial charge in [-0.25, -0.2) is 0 Å². The fraction of sp³-hybridized carbons (Fsp3) is 0. The Kier molecular flexibility index (Phi) is 1.78. The van der Waals surface area contributed by atoms with Crippen molar-refractivity contribution < 1.29 is 0 Å². The molecule has 0 unspecified atom stereocenters. The minimum absolute atomic E-state index is 1.13. The first-order chi connectivity index (χ1) is 7.45. The van der Waals surface area contributed by atoms with Gasteiger partial charge < -0.3 is 5.32 Å². The molecule has 2 aromatic rings. The molecule has 1 aliphatic heterocycles. The van der Waals surface area contributed by atoms with Crippen LogP contribution in [0.2, 0.25) is 0 Å². The Bertz CT molecular complexity index is 568. The van der Waals surface area contributed by atoms with E-state index in [0.717, 1.165) is 5.69 Å². The molecule has 0 fully saturated rings. The van der Waals surface area contributed by atoms with Gasteiger partial charge in [0, 0.05) is 35.2 Å². The van der Waals surface area contributed by atoms with Crippen LogP contribution in [0.3, 0.4) is 0 Å². The first-order valence-corrected chi connectivity index (χ1v) is 4.92. The van der Waals surface area contributed by atoms with Gasteiger partial charge in [0.2, 0.25) is 0 Å². The minimum atomic E-state index is 1.13. The summed E-state index contributed by atoms with van der Waals surface area (Å²) in [6.07, 6.45) is 11.8. The van der Waals surface area contributed by atoms with Crippen molar-refractivity contribution in [1.82, 2.24) is 4.98 Å². The highest BCUT2D eigenvalue weighted by Crippen LogP contribution is 2.27. The van der Waals surface area contributed by atoms with E-state index < -0.39 is 0 Å². The fourth-order valence-corrected chi connectivity index (χ4v) is 1.83. The summed E-state index contributed by atoms with van der Waals surface area (Å²) in [7, 11) is 0. The molecule has 2 nitrogen and oxygen atoms in total. The lowest BCUT2D eigenvalue weighted by atomic mass is 10.0. The smallest absolute Gasteiger partial charge is 0.0460 e. The molecular formula is C13H10N2. The Morgan fingerprint density at radius 2 is 2.07 bits per heavy atom. The van der Waals surface area contributed by atoms with E-state index >= 15 is 0 Å². The van der Waals surface area contributed by atoms with Crippen LogP contribution in [0.4, 0.5) is 5.69 Å². The van der Waals surface area contributed by atoms with Gasteiger partial charge >= 0.3 is 0 Å². The van der Waals surface area contributed by atoms with Crippen molar-refractivity contribution >= 4 is 22.5 Å². The van der Waals surface area contributed by atoms with E-state index in [1.165, 1.54) is 16.3 Å². The Hall–Kier alpha value is -2.09. The number of allylic oxidation sites excluding steroid dienone is 2. The summed E-state index contributed by atoms with van der Waals surface area (Å²) in [5.41, 5.74) is 2.33. The van der Waals surface area contributed by atoms with E-state index in [0.29, 0.717) is 0 Å². The Morgan fingerprint density at radius 3 is 3.07 bits per heavy atom. The van der Waals surface area contributed by atoms with Gasteiger partial charge in [-0.3, -0.25) is 4.98 Å². The van der Waals surface area contributed by atoms with Crippen LogP contribution in [0.1, 0.15) is 5.56 Å². The molecule has 0 atom stereocenters. The normalized spacial score (nSPS) is 13.3. The zero-order valence-corrected chi connectivity index (χ0v) is 8.14. The van der Waals surface area contributed by atoms with Crippen molar-refractivity contribution in [3.8, 4) is 0 Å². The summed E-state index contributed by atoms with van der Waals surface area (Å²) in [4.78, 5) is 4.17. The molecule has 0 spiro atoms. The molecule has 1 aromatic heterocycles. The number of hydrogen-bond acceptors (Lipinski definition) is 2. The Labute approximate surface area is 88.0 Å². The zero-order valence-electron chi connectivity index (χ0n) is 8.14. The minimum Gasteiger partial charge on any atom is -0.361 e. The topological polar surface area (TPSA) is 24.9 Å². The van der Waals surface area contributed by atoms with E-state index in [-0.39, 0.29) is 0 Å². The van der Waals surface area contributed by atoms with Gasteiger partial charge in [-0.1, -0.05) is 18.2 Å². The van der Waals surface area contributed by atoms with Crippen molar-refractivity contribution in [2.75, 3.05) is 5.32 Å². The lowest BCUT2D eigenvalue weighted by Gasteiger charge is -2.07. The molecule has 3 rings (SSSR count). The number of benzene rings is 1. The lowest BCUT2D eigenvalue weighted by molar-refractivity contribution is 1.36. The summed E-state index contributed by atoms with van der Waals surface area (Å²) in [6.45, 7) is 0. The molecular weight excluding hydrogens is 184 g/mol. The van der Waals surface area contributed by atoms with E-state index in [1.807, 2.05) is 36.8 Å². The second kappa shape index (κ2) is 3.24. The summed E-state index contributed by atoms with van der Waals surface area (Å²) in [5.74, 6) is 0. The summed E-state index contributed by atoms with van der Waals surface area (Å²) < 4.78 is 0. The average Bonchev–Trinajstić information content (AvgIpc) is 2.54. The van der Waals surface area contributed by atoms with Crippen LogP contribution in [0.5, 0.6) is 0 Å². The second-order valence-electron chi connectivity index (χ2n) is 3.49. The molecule has 1 N–H and O–H groups in total. The number of fused-ring (bicyclic) bond motifs is 3. The van der Waals surface area contributed by atoms with Gasteiger partial charge in [-0.2, -0.15) is 0 Å². The highest BCUT2D eigenvalue weighted by molar-refractivity contribution is 5.95. The molecule has 72 valence electrons. The van der Waals surface area contributed by atoms with Crippen LogP contribution in [-0.2, 0) is 0 Å². The molecule has 0 aliphatic carbocycles. The molecule has 1 aliphatic rings. The number of rotatable bonds is 0. The lowest BCUT2D eigenvalue weighted by Crippen LogP contribution is -1.90. The van der Waals surface area contributed by atoms with E-state index in [9.17, 15) is 0 Å². The van der Waals surface area contributed by atoms with Crippen molar-refractivity contribution in [2.24, 2.45) is 0 Å². The first-order valence-electron chi connectivity index (χ1n) is 4.92. The number of nitrogens with zero attached hydrogens (tertiary/aromatic N) is 1. The molecule has 0 saturated heterocycles. The largest absolute Gasteiger partial charge is 0.361 e. The summed E-state index contributed by atoms with van der Waals surface area (Å²) in [6, 6.07) is 6.23. The third kappa shape index (κ3) is 1.31. The molecule has 2 heteroatoms. The number of hydrogen-bond donors (Lipinski definition) is 1. The third-order valence-corrected chi connectivity index (χ3v) is 2.57. The van der Waals surface area contributed by atoms with Gasteiger partial charge in [-0.15, -0.1) is 0 Å². The van der Waals surface area contributed by atoms with E-state index in [2.05, 4.69) is 28.5 Å². The Balaban J connectivity index is 2.38. The molecule has 0 radical (unpaired) electrons. The van der Waals surface area contributed by atoms with E-state index in [1.54, 1.807) is 0 Å². The maximum atomic E-state index is 4.17. The van der Waals surface area contributed by atoms with Crippen molar-refractivity contribution in [3.63, 3.8) is 0 Å².